The Kier molecular flexibility index (Phi) is 4.69. The maximum Gasteiger partial charge on any atom is 0.407 e. The van der Waals surface area contributed by atoms with E-state index in [4.69, 9.17) is 10.3 Å². The SMILES string of the molecule is CC(N=[N+]=[N-])OC(=O)NCc1ccccc1. The third kappa shape index (κ3) is 4.34. The van der Waals surface area contributed by atoms with Crippen LogP contribution < -0.4 is 5.32 Å². The molecule has 1 unspecified atom stereocenters. The molecule has 0 saturated carbocycles. The van der Waals surface area contributed by atoms with Gasteiger partial charge in [-0.25, -0.2) is 4.79 Å². The second-order valence-electron chi connectivity index (χ2n) is 3.05. The summed E-state index contributed by atoms with van der Waals surface area (Å²) in [5, 5.41) is 5.76. The Labute approximate surface area is 92.8 Å². The summed E-state index contributed by atoms with van der Waals surface area (Å²) < 4.78 is 4.74. The van der Waals surface area contributed by atoms with Gasteiger partial charge >= 0.3 is 6.09 Å². The van der Waals surface area contributed by atoms with Crippen molar-refractivity contribution < 1.29 is 9.53 Å². The number of benzene rings is 1. The summed E-state index contributed by atoms with van der Waals surface area (Å²) >= 11 is 0. The van der Waals surface area contributed by atoms with Gasteiger partial charge in [0, 0.05) is 11.5 Å². The highest BCUT2D eigenvalue weighted by molar-refractivity contribution is 5.67. The number of nitrogens with zero attached hydrogens (tertiary/aromatic N) is 3. The molecule has 16 heavy (non-hydrogen) atoms. The van der Waals surface area contributed by atoms with Crippen LogP contribution in [-0.4, -0.2) is 12.3 Å². The first-order valence-corrected chi connectivity index (χ1v) is 4.75. The van der Waals surface area contributed by atoms with Crippen molar-refractivity contribution in [3.05, 3.63) is 46.3 Å². The van der Waals surface area contributed by atoms with Gasteiger partial charge in [-0.2, -0.15) is 0 Å². The number of amides is 1. The standard InChI is InChI=1S/C10H12N4O2/c1-8(13-14-11)16-10(15)12-7-9-5-3-2-4-6-9/h2-6,8H,7H2,1H3,(H,12,15). The fraction of sp³-hybridized carbons (Fsp3) is 0.300. The zero-order chi connectivity index (χ0) is 11.8. The molecule has 1 rings (SSSR count). The highest BCUT2D eigenvalue weighted by Gasteiger charge is 2.06. The molecule has 0 aliphatic rings. The average Bonchev–Trinajstić information content (AvgIpc) is 2.28. The Balaban J connectivity index is 2.33. The van der Waals surface area contributed by atoms with Crippen molar-refractivity contribution in [1.82, 2.24) is 5.32 Å². The van der Waals surface area contributed by atoms with Crippen LogP contribution in [0.2, 0.25) is 0 Å². The van der Waals surface area contributed by atoms with E-state index in [0.29, 0.717) is 6.54 Å². The van der Waals surface area contributed by atoms with Crippen molar-refractivity contribution in [2.24, 2.45) is 5.11 Å². The first kappa shape index (κ1) is 11.9. The summed E-state index contributed by atoms with van der Waals surface area (Å²) in [6, 6.07) is 9.43. The lowest BCUT2D eigenvalue weighted by Gasteiger charge is -2.08. The van der Waals surface area contributed by atoms with Crippen LogP contribution in [0.3, 0.4) is 0 Å². The van der Waals surface area contributed by atoms with Crippen molar-refractivity contribution in [3.8, 4) is 0 Å². The minimum absolute atomic E-state index is 0.378. The molecule has 6 nitrogen and oxygen atoms in total. The summed E-state index contributed by atoms with van der Waals surface area (Å²) in [5.41, 5.74) is 9.07. The van der Waals surface area contributed by atoms with Crippen LogP contribution >= 0.6 is 0 Å². The molecule has 0 spiro atoms. The van der Waals surface area contributed by atoms with Crippen LogP contribution in [0.1, 0.15) is 12.5 Å². The van der Waals surface area contributed by atoms with E-state index in [-0.39, 0.29) is 0 Å². The van der Waals surface area contributed by atoms with Gasteiger partial charge in [0.1, 0.15) is 0 Å². The van der Waals surface area contributed by atoms with Crippen molar-refractivity contribution in [2.45, 2.75) is 19.7 Å². The van der Waals surface area contributed by atoms with Crippen LogP contribution in [0.25, 0.3) is 10.4 Å². The molecule has 0 aliphatic carbocycles. The smallest absolute Gasteiger partial charge is 0.407 e. The molecule has 1 N–H and O–H groups in total. The highest BCUT2D eigenvalue weighted by Crippen LogP contribution is 1.98. The third-order valence-electron chi connectivity index (χ3n) is 1.77. The Bertz CT molecular complexity index is 387. The van der Waals surface area contributed by atoms with Gasteiger partial charge in [0.25, 0.3) is 0 Å². The van der Waals surface area contributed by atoms with Gasteiger partial charge in [-0.05, 0) is 23.1 Å². The minimum Gasteiger partial charge on any atom is -0.440 e. The van der Waals surface area contributed by atoms with Crippen LogP contribution in [0, 0.1) is 0 Å². The normalized spacial score (nSPS) is 11.1. The molecule has 0 fully saturated rings. The molecule has 0 aromatic heterocycles. The lowest BCUT2D eigenvalue weighted by molar-refractivity contribution is 0.110. The number of carbonyl (C=O) groups excluding carboxylic acids is 1. The van der Waals surface area contributed by atoms with Crippen LogP contribution in [0.5, 0.6) is 0 Å². The summed E-state index contributed by atoms with van der Waals surface area (Å²) in [7, 11) is 0. The second kappa shape index (κ2) is 6.31. The van der Waals surface area contributed by atoms with E-state index in [1.54, 1.807) is 0 Å². The van der Waals surface area contributed by atoms with E-state index in [9.17, 15) is 4.79 Å². The van der Waals surface area contributed by atoms with Gasteiger partial charge in [-0.3, -0.25) is 0 Å². The molecule has 6 heteroatoms. The molecule has 1 aromatic rings. The first-order valence-electron chi connectivity index (χ1n) is 4.75. The van der Waals surface area contributed by atoms with Crippen LogP contribution in [0.15, 0.2) is 35.4 Å². The van der Waals surface area contributed by atoms with Gasteiger partial charge in [0.05, 0.1) is 0 Å². The van der Waals surface area contributed by atoms with E-state index in [1.165, 1.54) is 6.92 Å². The van der Waals surface area contributed by atoms with Crippen molar-refractivity contribution in [3.63, 3.8) is 0 Å². The number of carbonyl (C=O) groups is 1. The predicted molar refractivity (Wildman–Crippen MR) is 58.4 cm³/mol. The number of ether oxygens (including phenoxy) is 1. The Morgan fingerprint density at radius 2 is 2.25 bits per heavy atom. The maximum absolute atomic E-state index is 11.2. The Morgan fingerprint density at radius 1 is 1.56 bits per heavy atom. The largest absolute Gasteiger partial charge is 0.440 e. The van der Waals surface area contributed by atoms with Crippen LogP contribution in [0.4, 0.5) is 4.79 Å². The number of alkyl carbamates (subject to hydrolysis) is 1. The third-order valence-corrected chi connectivity index (χ3v) is 1.77. The molecule has 0 bridgehead atoms. The van der Waals surface area contributed by atoms with Crippen molar-refractivity contribution in [2.75, 3.05) is 0 Å². The van der Waals surface area contributed by atoms with E-state index in [2.05, 4.69) is 15.3 Å². The summed E-state index contributed by atoms with van der Waals surface area (Å²) in [4.78, 5) is 13.7. The fourth-order valence-corrected chi connectivity index (χ4v) is 1.06. The highest BCUT2D eigenvalue weighted by atomic mass is 16.6. The zero-order valence-electron chi connectivity index (χ0n) is 8.83. The van der Waals surface area contributed by atoms with Gasteiger partial charge in [-0.15, -0.1) is 0 Å². The maximum atomic E-state index is 11.2. The molecular formula is C10H12N4O2. The number of hydrogen-bond acceptors (Lipinski definition) is 3. The molecule has 84 valence electrons. The Morgan fingerprint density at radius 3 is 2.88 bits per heavy atom. The van der Waals surface area contributed by atoms with Gasteiger partial charge in [0.2, 0.25) is 0 Å². The lowest BCUT2D eigenvalue weighted by atomic mass is 10.2. The van der Waals surface area contributed by atoms with E-state index < -0.39 is 12.3 Å². The fourth-order valence-electron chi connectivity index (χ4n) is 1.06. The molecule has 0 heterocycles. The van der Waals surface area contributed by atoms with Gasteiger partial charge < -0.3 is 10.1 Å². The monoisotopic (exact) mass is 220 g/mol. The van der Waals surface area contributed by atoms with E-state index >= 15 is 0 Å². The lowest BCUT2D eigenvalue weighted by Crippen LogP contribution is -2.26. The zero-order valence-corrected chi connectivity index (χ0v) is 8.83. The van der Waals surface area contributed by atoms with Crippen molar-refractivity contribution >= 4 is 6.09 Å². The summed E-state index contributed by atoms with van der Waals surface area (Å²) in [5.74, 6) is 0. The van der Waals surface area contributed by atoms with Crippen molar-refractivity contribution in [1.29, 1.82) is 0 Å². The molecule has 1 aromatic carbocycles. The second-order valence-corrected chi connectivity index (χ2v) is 3.05. The minimum atomic E-state index is -0.805. The Hall–Kier alpha value is -2.20. The number of hydrogen-bond donors (Lipinski definition) is 1. The average molecular weight is 220 g/mol. The quantitative estimate of drug-likeness (QED) is 0.480. The molecule has 0 aliphatic heterocycles. The number of rotatable bonds is 4. The molecule has 1 atom stereocenters. The number of azide groups is 1. The van der Waals surface area contributed by atoms with E-state index in [0.717, 1.165) is 5.56 Å². The van der Waals surface area contributed by atoms with E-state index in [1.807, 2.05) is 30.3 Å². The molecular weight excluding hydrogens is 208 g/mol. The summed E-state index contributed by atoms with van der Waals surface area (Å²) in [6.45, 7) is 1.87. The van der Waals surface area contributed by atoms with Gasteiger partial charge in [-0.1, -0.05) is 30.3 Å². The van der Waals surface area contributed by atoms with Gasteiger partial charge in [0.15, 0.2) is 6.23 Å². The topological polar surface area (TPSA) is 87.1 Å². The molecule has 1 amide bonds. The molecule has 0 radical (unpaired) electrons. The summed E-state index contributed by atoms with van der Waals surface area (Å²) in [6.07, 6.45) is -1.41. The van der Waals surface area contributed by atoms with Crippen LogP contribution in [-0.2, 0) is 11.3 Å². The number of nitrogens with one attached hydrogen (secondary N) is 1. The molecule has 0 saturated heterocycles. The predicted octanol–water partition coefficient (Wildman–Crippen LogP) is 2.57. The first-order chi connectivity index (χ1) is 7.72.